The standard InChI is InChI=1S/C24H50/c1-4-7-10-12-14-15-17-20-23-24(21-18-9-6-3)22-19-16-13-11-8-5-2/h24H,4-23H2,1-3H3. The van der Waals surface area contributed by atoms with Crippen LogP contribution in [0.4, 0.5) is 0 Å². The number of rotatable bonds is 20. The second-order valence-corrected chi connectivity index (χ2v) is 8.18. The predicted molar refractivity (Wildman–Crippen MR) is 113 cm³/mol. The number of hydrogen-bond acceptors (Lipinski definition) is 0. The smallest absolute Gasteiger partial charge is 0.0414 e. The topological polar surface area (TPSA) is 0 Å². The molecule has 1 unspecified atom stereocenters. The molecular formula is C24H50. The first-order valence-corrected chi connectivity index (χ1v) is 11.8. The van der Waals surface area contributed by atoms with Gasteiger partial charge in [-0.3, -0.25) is 0 Å². The van der Waals surface area contributed by atoms with Crippen molar-refractivity contribution in [1.82, 2.24) is 0 Å². The van der Waals surface area contributed by atoms with Crippen LogP contribution in [-0.4, -0.2) is 0 Å². The van der Waals surface area contributed by atoms with Crippen LogP contribution in [0.1, 0.15) is 149 Å². The van der Waals surface area contributed by atoms with Crippen LogP contribution in [0.3, 0.4) is 0 Å². The largest absolute Gasteiger partial charge is 0.0654 e. The zero-order valence-electron chi connectivity index (χ0n) is 17.7. The lowest BCUT2D eigenvalue weighted by molar-refractivity contribution is 0.367. The molecule has 0 N–H and O–H groups in total. The van der Waals surface area contributed by atoms with Gasteiger partial charge in [-0.1, -0.05) is 149 Å². The maximum Gasteiger partial charge on any atom is -0.0414 e. The maximum absolute atomic E-state index is 2.33. The van der Waals surface area contributed by atoms with Crippen LogP contribution in [0, 0.1) is 5.92 Å². The molecule has 0 nitrogen and oxygen atoms in total. The molecule has 0 aromatic carbocycles. The summed E-state index contributed by atoms with van der Waals surface area (Å²) < 4.78 is 0. The molecule has 0 aliphatic heterocycles. The van der Waals surface area contributed by atoms with Crippen LogP contribution in [-0.2, 0) is 0 Å². The number of unbranched alkanes of at least 4 members (excludes halogenated alkanes) is 14. The molecular weight excluding hydrogens is 288 g/mol. The van der Waals surface area contributed by atoms with Gasteiger partial charge in [0.15, 0.2) is 0 Å². The molecule has 0 aliphatic carbocycles. The fourth-order valence-electron chi connectivity index (χ4n) is 3.90. The summed E-state index contributed by atoms with van der Waals surface area (Å²) in [5, 5.41) is 0. The molecule has 24 heavy (non-hydrogen) atoms. The first kappa shape index (κ1) is 24.0. The molecule has 0 saturated carbocycles. The van der Waals surface area contributed by atoms with E-state index < -0.39 is 0 Å². The van der Waals surface area contributed by atoms with Gasteiger partial charge < -0.3 is 0 Å². The van der Waals surface area contributed by atoms with Crippen LogP contribution in [0.5, 0.6) is 0 Å². The van der Waals surface area contributed by atoms with Crippen LogP contribution in [0.15, 0.2) is 0 Å². The Hall–Kier alpha value is 0. The zero-order chi connectivity index (χ0) is 17.7. The highest BCUT2D eigenvalue weighted by Gasteiger charge is 2.08. The van der Waals surface area contributed by atoms with E-state index in [0.717, 1.165) is 5.92 Å². The highest BCUT2D eigenvalue weighted by molar-refractivity contribution is 4.62. The van der Waals surface area contributed by atoms with Gasteiger partial charge in [0.25, 0.3) is 0 Å². The summed E-state index contributed by atoms with van der Waals surface area (Å²) in [6, 6.07) is 0. The normalized spacial score (nSPS) is 12.6. The van der Waals surface area contributed by atoms with Gasteiger partial charge >= 0.3 is 0 Å². The summed E-state index contributed by atoms with van der Waals surface area (Å²) in [5.41, 5.74) is 0. The summed E-state index contributed by atoms with van der Waals surface area (Å²) in [6.07, 6.45) is 29.3. The van der Waals surface area contributed by atoms with Crippen molar-refractivity contribution >= 4 is 0 Å². The average Bonchev–Trinajstić information content (AvgIpc) is 2.59. The van der Waals surface area contributed by atoms with E-state index in [1.54, 1.807) is 0 Å². The SMILES string of the molecule is CCCCCCCCCCC(CCCCC)CCCCCCCC. The van der Waals surface area contributed by atoms with Crippen molar-refractivity contribution in [3.05, 3.63) is 0 Å². The minimum absolute atomic E-state index is 1.04. The van der Waals surface area contributed by atoms with E-state index in [-0.39, 0.29) is 0 Å². The Bertz CT molecular complexity index is 208. The van der Waals surface area contributed by atoms with E-state index in [4.69, 9.17) is 0 Å². The van der Waals surface area contributed by atoms with Crippen molar-refractivity contribution in [2.24, 2.45) is 5.92 Å². The van der Waals surface area contributed by atoms with E-state index in [1.165, 1.54) is 128 Å². The van der Waals surface area contributed by atoms with E-state index in [0.29, 0.717) is 0 Å². The molecule has 1 atom stereocenters. The highest BCUT2D eigenvalue weighted by atomic mass is 14.1. The molecule has 0 aliphatic rings. The third kappa shape index (κ3) is 18.3. The van der Waals surface area contributed by atoms with Gasteiger partial charge in [-0.05, 0) is 5.92 Å². The first-order valence-electron chi connectivity index (χ1n) is 11.8. The fraction of sp³-hybridized carbons (Fsp3) is 1.00. The van der Waals surface area contributed by atoms with Gasteiger partial charge in [0.1, 0.15) is 0 Å². The molecule has 0 heterocycles. The van der Waals surface area contributed by atoms with Crippen molar-refractivity contribution in [2.75, 3.05) is 0 Å². The van der Waals surface area contributed by atoms with E-state index >= 15 is 0 Å². The highest BCUT2D eigenvalue weighted by Crippen LogP contribution is 2.24. The Morgan fingerprint density at radius 3 is 0.958 bits per heavy atom. The van der Waals surface area contributed by atoms with Crippen LogP contribution in [0.25, 0.3) is 0 Å². The van der Waals surface area contributed by atoms with Gasteiger partial charge in [-0.25, -0.2) is 0 Å². The van der Waals surface area contributed by atoms with Crippen molar-refractivity contribution in [2.45, 2.75) is 149 Å². The van der Waals surface area contributed by atoms with Crippen LogP contribution >= 0.6 is 0 Å². The van der Waals surface area contributed by atoms with E-state index in [9.17, 15) is 0 Å². The van der Waals surface area contributed by atoms with Crippen molar-refractivity contribution in [3.63, 3.8) is 0 Å². The third-order valence-electron chi connectivity index (χ3n) is 5.65. The molecule has 0 aromatic heterocycles. The second kappa shape index (κ2) is 21.0. The molecule has 0 bridgehead atoms. The second-order valence-electron chi connectivity index (χ2n) is 8.18. The van der Waals surface area contributed by atoms with Gasteiger partial charge in [-0.2, -0.15) is 0 Å². The molecule has 0 saturated heterocycles. The summed E-state index contributed by atoms with van der Waals surface area (Å²) >= 11 is 0. The molecule has 0 rings (SSSR count). The Labute approximate surface area is 155 Å². The lowest BCUT2D eigenvalue weighted by atomic mass is 9.89. The summed E-state index contributed by atoms with van der Waals surface area (Å²) in [5.74, 6) is 1.04. The third-order valence-corrected chi connectivity index (χ3v) is 5.65. The molecule has 0 amide bonds. The average molecular weight is 339 g/mol. The quantitative estimate of drug-likeness (QED) is 0.194. The Morgan fingerprint density at radius 1 is 0.333 bits per heavy atom. The Balaban J connectivity index is 3.63. The Kier molecular flexibility index (Phi) is 21.0. The van der Waals surface area contributed by atoms with E-state index in [1.807, 2.05) is 0 Å². The Morgan fingerprint density at radius 2 is 0.583 bits per heavy atom. The monoisotopic (exact) mass is 338 g/mol. The van der Waals surface area contributed by atoms with Crippen LogP contribution in [0.2, 0.25) is 0 Å². The molecule has 0 aromatic rings. The molecule has 0 fully saturated rings. The van der Waals surface area contributed by atoms with Gasteiger partial charge in [0, 0.05) is 0 Å². The van der Waals surface area contributed by atoms with Crippen LogP contribution < -0.4 is 0 Å². The minimum atomic E-state index is 1.04. The lowest BCUT2D eigenvalue weighted by Gasteiger charge is -2.17. The first-order chi connectivity index (χ1) is 11.8. The molecule has 0 spiro atoms. The molecule has 0 radical (unpaired) electrons. The maximum atomic E-state index is 2.33. The van der Waals surface area contributed by atoms with Gasteiger partial charge in [0.05, 0.1) is 0 Å². The zero-order valence-corrected chi connectivity index (χ0v) is 17.7. The van der Waals surface area contributed by atoms with Crippen molar-refractivity contribution in [3.8, 4) is 0 Å². The van der Waals surface area contributed by atoms with Crippen molar-refractivity contribution in [1.29, 1.82) is 0 Å². The number of hydrogen-bond donors (Lipinski definition) is 0. The summed E-state index contributed by atoms with van der Waals surface area (Å²) in [4.78, 5) is 0. The summed E-state index contributed by atoms with van der Waals surface area (Å²) in [6.45, 7) is 6.96. The van der Waals surface area contributed by atoms with Gasteiger partial charge in [-0.15, -0.1) is 0 Å². The lowest BCUT2D eigenvalue weighted by Crippen LogP contribution is -2.01. The van der Waals surface area contributed by atoms with Gasteiger partial charge in [0.2, 0.25) is 0 Å². The van der Waals surface area contributed by atoms with E-state index in [2.05, 4.69) is 20.8 Å². The minimum Gasteiger partial charge on any atom is -0.0654 e. The molecule has 0 heteroatoms. The fourth-order valence-corrected chi connectivity index (χ4v) is 3.90. The van der Waals surface area contributed by atoms with Crippen molar-refractivity contribution < 1.29 is 0 Å². The summed E-state index contributed by atoms with van der Waals surface area (Å²) in [7, 11) is 0. The molecule has 146 valence electrons. The predicted octanol–water partition coefficient (Wildman–Crippen LogP) is 9.46.